The molecule has 4 rings (SSSR count). The molecule has 158 valence electrons. The minimum absolute atomic E-state index is 0.136. The SMILES string of the molecule is Cc1nn2c(C3CCCN(C(=O)OC(C)(C)C)C3)ccnc2c1-c1ccc(F)cc1. The van der Waals surface area contributed by atoms with Gasteiger partial charge in [-0.2, -0.15) is 5.10 Å². The zero-order valence-corrected chi connectivity index (χ0v) is 17.9. The summed E-state index contributed by atoms with van der Waals surface area (Å²) >= 11 is 0. The van der Waals surface area contributed by atoms with Crippen LogP contribution in [0.2, 0.25) is 0 Å². The Bertz CT molecular complexity index is 1070. The highest BCUT2D eigenvalue weighted by Crippen LogP contribution is 2.32. The third-order valence-corrected chi connectivity index (χ3v) is 5.35. The summed E-state index contributed by atoms with van der Waals surface area (Å²) in [5.41, 5.74) is 3.86. The second kappa shape index (κ2) is 7.70. The van der Waals surface area contributed by atoms with E-state index in [1.54, 1.807) is 23.2 Å². The van der Waals surface area contributed by atoms with Gasteiger partial charge in [-0.1, -0.05) is 12.1 Å². The number of aryl methyl sites for hydroxylation is 1. The first-order chi connectivity index (χ1) is 14.2. The molecule has 0 aliphatic carbocycles. The molecule has 0 N–H and O–H groups in total. The molecule has 30 heavy (non-hydrogen) atoms. The first-order valence-electron chi connectivity index (χ1n) is 10.3. The first kappa shape index (κ1) is 20.3. The number of aromatic nitrogens is 3. The summed E-state index contributed by atoms with van der Waals surface area (Å²) in [6.45, 7) is 8.84. The van der Waals surface area contributed by atoms with Crippen LogP contribution in [-0.2, 0) is 4.74 Å². The van der Waals surface area contributed by atoms with Gasteiger partial charge in [0.15, 0.2) is 5.65 Å². The summed E-state index contributed by atoms with van der Waals surface area (Å²) in [4.78, 5) is 18.9. The highest BCUT2D eigenvalue weighted by atomic mass is 19.1. The lowest BCUT2D eigenvalue weighted by Crippen LogP contribution is -2.42. The average Bonchev–Trinajstić information content (AvgIpc) is 3.03. The maximum Gasteiger partial charge on any atom is 0.410 e. The molecular weight excluding hydrogens is 383 g/mol. The number of carbonyl (C=O) groups is 1. The molecule has 7 heteroatoms. The number of carbonyl (C=O) groups excluding carboxylic acids is 1. The van der Waals surface area contributed by atoms with Crippen LogP contribution in [0, 0.1) is 12.7 Å². The molecule has 1 aromatic carbocycles. The number of halogens is 1. The number of nitrogens with zero attached hydrogens (tertiary/aromatic N) is 4. The number of piperidine rings is 1. The van der Waals surface area contributed by atoms with E-state index < -0.39 is 5.60 Å². The molecule has 1 atom stereocenters. The number of amides is 1. The van der Waals surface area contributed by atoms with E-state index in [4.69, 9.17) is 9.84 Å². The lowest BCUT2D eigenvalue weighted by atomic mass is 9.94. The summed E-state index contributed by atoms with van der Waals surface area (Å²) in [6, 6.07) is 8.36. The molecule has 1 aliphatic rings. The second-order valence-corrected chi connectivity index (χ2v) is 8.84. The normalized spacial score (nSPS) is 17.4. The van der Waals surface area contributed by atoms with Gasteiger partial charge in [0.1, 0.15) is 11.4 Å². The van der Waals surface area contributed by atoms with Gasteiger partial charge >= 0.3 is 6.09 Å². The van der Waals surface area contributed by atoms with Crippen LogP contribution in [-0.4, -0.2) is 44.3 Å². The van der Waals surface area contributed by atoms with E-state index in [1.807, 2.05) is 38.3 Å². The van der Waals surface area contributed by atoms with Crippen LogP contribution in [0.5, 0.6) is 0 Å². The molecule has 3 heterocycles. The zero-order valence-electron chi connectivity index (χ0n) is 17.9. The summed E-state index contributed by atoms with van der Waals surface area (Å²) in [5.74, 6) is -0.136. The predicted molar refractivity (Wildman–Crippen MR) is 113 cm³/mol. The van der Waals surface area contributed by atoms with Crippen molar-refractivity contribution >= 4 is 11.7 Å². The van der Waals surface area contributed by atoms with Crippen molar-refractivity contribution in [3.63, 3.8) is 0 Å². The van der Waals surface area contributed by atoms with Crippen molar-refractivity contribution in [1.82, 2.24) is 19.5 Å². The van der Waals surface area contributed by atoms with E-state index in [0.29, 0.717) is 13.1 Å². The Labute approximate surface area is 175 Å². The summed E-state index contributed by atoms with van der Waals surface area (Å²) < 4.78 is 20.8. The molecule has 1 aliphatic heterocycles. The Hall–Kier alpha value is -2.96. The van der Waals surface area contributed by atoms with Gasteiger partial charge in [0, 0.05) is 30.8 Å². The van der Waals surface area contributed by atoms with Gasteiger partial charge in [0.05, 0.1) is 11.4 Å². The van der Waals surface area contributed by atoms with Crippen molar-refractivity contribution in [2.24, 2.45) is 0 Å². The van der Waals surface area contributed by atoms with E-state index in [1.165, 1.54) is 12.1 Å². The Morgan fingerprint density at radius 1 is 1.20 bits per heavy atom. The van der Waals surface area contributed by atoms with Gasteiger partial charge in [-0.15, -0.1) is 0 Å². The highest BCUT2D eigenvalue weighted by molar-refractivity contribution is 5.79. The lowest BCUT2D eigenvalue weighted by Gasteiger charge is -2.34. The minimum atomic E-state index is -0.517. The van der Waals surface area contributed by atoms with Gasteiger partial charge in [0.25, 0.3) is 0 Å². The Balaban J connectivity index is 1.67. The van der Waals surface area contributed by atoms with Crippen LogP contribution in [0.4, 0.5) is 9.18 Å². The molecule has 0 bridgehead atoms. The average molecular weight is 410 g/mol. The minimum Gasteiger partial charge on any atom is -0.444 e. The molecule has 1 fully saturated rings. The predicted octanol–water partition coefficient (Wildman–Crippen LogP) is 4.96. The van der Waals surface area contributed by atoms with Crippen molar-refractivity contribution in [2.75, 3.05) is 13.1 Å². The largest absolute Gasteiger partial charge is 0.444 e. The fourth-order valence-electron chi connectivity index (χ4n) is 4.04. The van der Waals surface area contributed by atoms with E-state index in [9.17, 15) is 9.18 Å². The van der Waals surface area contributed by atoms with Gasteiger partial charge < -0.3 is 9.64 Å². The molecule has 1 amide bonds. The summed E-state index contributed by atoms with van der Waals surface area (Å²) in [5, 5.41) is 4.74. The number of benzene rings is 1. The molecule has 6 nitrogen and oxygen atoms in total. The molecule has 3 aromatic rings. The third kappa shape index (κ3) is 4.01. The Kier molecular flexibility index (Phi) is 5.22. The second-order valence-electron chi connectivity index (χ2n) is 8.84. The zero-order chi connectivity index (χ0) is 21.5. The van der Waals surface area contributed by atoms with Crippen molar-refractivity contribution < 1.29 is 13.9 Å². The van der Waals surface area contributed by atoms with E-state index in [0.717, 1.165) is 41.0 Å². The van der Waals surface area contributed by atoms with Crippen LogP contribution >= 0.6 is 0 Å². The number of likely N-dealkylation sites (tertiary alicyclic amines) is 1. The quantitative estimate of drug-likeness (QED) is 0.599. The Morgan fingerprint density at radius 2 is 1.93 bits per heavy atom. The van der Waals surface area contributed by atoms with E-state index in [2.05, 4.69) is 4.98 Å². The van der Waals surface area contributed by atoms with Gasteiger partial charge in [-0.25, -0.2) is 18.7 Å². The molecule has 2 aromatic heterocycles. The van der Waals surface area contributed by atoms with Crippen LogP contribution in [0.15, 0.2) is 36.5 Å². The maximum absolute atomic E-state index is 13.4. The summed E-state index contributed by atoms with van der Waals surface area (Å²) in [6.07, 6.45) is 3.37. The maximum atomic E-state index is 13.4. The number of rotatable bonds is 2. The van der Waals surface area contributed by atoms with Gasteiger partial charge in [0.2, 0.25) is 0 Å². The van der Waals surface area contributed by atoms with Crippen LogP contribution < -0.4 is 0 Å². The number of hydrogen-bond donors (Lipinski definition) is 0. The molecular formula is C23H27FN4O2. The van der Waals surface area contributed by atoms with Crippen LogP contribution in [0.25, 0.3) is 16.8 Å². The van der Waals surface area contributed by atoms with Crippen LogP contribution in [0.3, 0.4) is 0 Å². The smallest absolute Gasteiger partial charge is 0.410 e. The number of ether oxygens (including phenoxy) is 1. The number of fused-ring (bicyclic) bond motifs is 1. The standard InChI is InChI=1S/C23H27FN4O2/c1-15-20(16-7-9-18(24)10-8-16)21-25-12-11-19(28(21)26-15)17-6-5-13-27(14-17)22(29)30-23(2,3)4/h7-12,17H,5-6,13-14H2,1-4H3. The Morgan fingerprint density at radius 3 is 2.63 bits per heavy atom. The monoisotopic (exact) mass is 410 g/mol. The van der Waals surface area contributed by atoms with Crippen molar-refractivity contribution in [2.45, 2.75) is 52.1 Å². The van der Waals surface area contributed by atoms with E-state index in [-0.39, 0.29) is 17.8 Å². The van der Waals surface area contributed by atoms with Crippen molar-refractivity contribution in [1.29, 1.82) is 0 Å². The molecule has 0 saturated carbocycles. The number of hydrogen-bond acceptors (Lipinski definition) is 4. The fraction of sp³-hybridized carbons (Fsp3) is 0.435. The van der Waals surface area contributed by atoms with E-state index >= 15 is 0 Å². The van der Waals surface area contributed by atoms with Gasteiger partial charge in [-0.3, -0.25) is 0 Å². The molecule has 0 spiro atoms. The van der Waals surface area contributed by atoms with Gasteiger partial charge in [-0.05, 0) is 64.3 Å². The van der Waals surface area contributed by atoms with Crippen LogP contribution in [0.1, 0.15) is 50.9 Å². The van der Waals surface area contributed by atoms with Crippen molar-refractivity contribution in [3.05, 3.63) is 53.7 Å². The molecule has 1 saturated heterocycles. The fourth-order valence-corrected chi connectivity index (χ4v) is 4.04. The third-order valence-electron chi connectivity index (χ3n) is 5.35. The molecule has 1 unspecified atom stereocenters. The lowest BCUT2D eigenvalue weighted by molar-refractivity contribution is 0.0196. The highest BCUT2D eigenvalue weighted by Gasteiger charge is 2.30. The summed E-state index contributed by atoms with van der Waals surface area (Å²) in [7, 11) is 0. The first-order valence-corrected chi connectivity index (χ1v) is 10.3. The topological polar surface area (TPSA) is 59.7 Å². The van der Waals surface area contributed by atoms with Crippen molar-refractivity contribution in [3.8, 4) is 11.1 Å². The molecule has 0 radical (unpaired) electrons.